The Bertz CT molecular complexity index is 1070. The van der Waals surface area contributed by atoms with Crippen LogP contribution in [0.15, 0.2) is 53.6 Å². The zero-order valence-corrected chi connectivity index (χ0v) is 16.2. The molecule has 0 spiro atoms. The van der Waals surface area contributed by atoms with E-state index in [1.54, 1.807) is 44.8 Å². The quantitative estimate of drug-likeness (QED) is 0.675. The van der Waals surface area contributed by atoms with Crippen molar-refractivity contribution in [3.05, 3.63) is 70.5 Å². The molecule has 2 aromatic heterocycles. The molecule has 3 heterocycles. The smallest absolute Gasteiger partial charge is 0.255 e. The first-order chi connectivity index (χ1) is 14.1. The van der Waals surface area contributed by atoms with Crippen LogP contribution in [0.3, 0.4) is 0 Å². The van der Waals surface area contributed by atoms with Crippen LogP contribution in [0.1, 0.15) is 11.7 Å². The summed E-state index contributed by atoms with van der Waals surface area (Å²) in [4.78, 5) is 23.4. The van der Waals surface area contributed by atoms with Crippen LogP contribution in [0.25, 0.3) is 11.3 Å². The van der Waals surface area contributed by atoms with Gasteiger partial charge in [0.2, 0.25) is 5.95 Å². The number of pyridine rings is 1. The lowest BCUT2D eigenvalue weighted by atomic mass is 10.1. The Kier molecular flexibility index (Phi) is 5.26. The molecule has 8 heteroatoms. The van der Waals surface area contributed by atoms with Crippen LogP contribution in [-0.4, -0.2) is 41.3 Å². The molecule has 1 fully saturated rings. The largest absolute Gasteiger partial charge is 0.494 e. The van der Waals surface area contributed by atoms with E-state index in [-0.39, 0.29) is 17.5 Å². The van der Waals surface area contributed by atoms with Crippen LogP contribution < -0.4 is 15.2 Å². The van der Waals surface area contributed by atoms with E-state index in [1.807, 2.05) is 4.90 Å². The molecule has 1 aliphatic rings. The highest BCUT2D eigenvalue weighted by Gasteiger charge is 2.25. The summed E-state index contributed by atoms with van der Waals surface area (Å²) < 4.78 is 26.0. The van der Waals surface area contributed by atoms with Crippen LogP contribution in [0.5, 0.6) is 5.75 Å². The lowest BCUT2D eigenvalue weighted by molar-refractivity contribution is 0.0389. The summed E-state index contributed by atoms with van der Waals surface area (Å²) in [6.45, 7) is 1.57. The number of ether oxygens (including phenoxy) is 2. The van der Waals surface area contributed by atoms with Gasteiger partial charge in [0.1, 0.15) is 17.7 Å². The maximum absolute atomic E-state index is 13.2. The van der Waals surface area contributed by atoms with Crippen LogP contribution >= 0.6 is 0 Å². The second kappa shape index (κ2) is 8.00. The van der Waals surface area contributed by atoms with Crippen molar-refractivity contribution < 1.29 is 13.9 Å². The lowest BCUT2D eigenvalue weighted by Gasteiger charge is -2.34. The van der Waals surface area contributed by atoms with Crippen LogP contribution in [0.4, 0.5) is 10.3 Å². The van der Waals surface area contributed by atoms with Gasteiger partial charge in [-0.25, -0.2) is 9.37 Å². The first kappa shape index (κ1) is 19.1. The maximum atomic E-state index is 13.2. The lowest BCUT2D eigenvalue weighted by Crippen LogP contribution is -2.41. The van der Waals surface area contributed by atoms with Crippen molar-refractivity contribution in [2.24, 2.45) is 7.05 Å². The Morgan fingerprint density at radius 1 is 1.24 bits per heavy atom. The SMILES string of the molecule is COc1cnccc1-c1cc(=O)n(C)c(N2CCO[C@@H](c3ccc(F)cc3)C2)n1. The van der Waals surface area contributed by atoms with Gasteiger partial charge in [0.15, 0.2) is 0 Å². The van der Waals surface area contributed by atoms with E-state index in [1.165, 1.54) is 22.8 Å². The number of aromatic nitrogens is 3. The van der Waals surface area contributed by atoms with Gasteiger partial charge < -0.3 is 14.4 Å². The number of methoxy groups -OCH3 is 1. The molecule has 7 nitrogen and oxygen atoms in total. The highest BCUT2D eigenvalue weighted by molar-refractivity contribution is 5.67. The van der Waals surface area contributed by atoms with Crippen LogP contribution in [0, 0.1) is 5.82 Å². The molecule has 1 saturated heterocycles. The monoisotopic (exact) mass is 396 g/mol. The minimum Gasteiger partial charge on any atom is -0.494 e. The Morgan fingerprint density at radius 2 is 2.03 bits per heavy atom. The van der Waals surface area contributed by atoms with E-state index >= 15 is 0 Å². The Labute approximate surface area is 167 Å². The van der Waals surface area contributed by atoms with Gasteiger partial charge >= 0.3 is 0 Å². The summed E-state index contributed by atoms with van der Waals surface area (Å²) in [6.07, 6.45) is 2.99. The summed E-state index contributed by atoms with van der Waals surface area (Å²) >= 11 is 0. The van der Waals surface area contributed by atoms with Crippen molar-refractivity contribution >= 4 is 5.95 Å². The summed E-state index contributed by atoms with van der Waals surface area (Å²) in [5.74, 6) is 0.802. The number of hydrogen-bond donors (Lipinski definition) is 0. The Balaban J connectivity index is 1.69. The minimum atomic E-state index is -0.288. The Hall–Kier alpha value is -3.26. The standard InChI is InChI=1S/C21H21FN4O3/c1-25-20(27)11-17(16-7-8-23-12-18(16)28-2)24-21(25)26-9-10-29-19(13-26)14-3-5-15(22)6-4-14/h3-8,11-12,19H,9-10,13H2,1-2H3/t19-/m1/s1. The predicted molar refractivity (Wildman–Crippen MR) is 107 cm³/mol. The predicted octanol–water partition coefficient (Wildman–Crippen LogP) is 2.57. The van der Waals surface area contributed by atoms with E-state index in [9.17, 15) is 9.18 Å². The topological polar surface area (TPSA) is 69.5 Å². The van der Waals surface area contributed by atoms with Gasteiger partial charge in [0.25, 0.3) is 5.56 Å². The molecule has 0 unspecified atom stereocenters. The molecule has 3 aromatic rings. The normalized spacial score (nSPS) is 16.7. The van der Waals surface area contributed by atoms with Crippen molar-refractivity contribution in [2.45, 2.75) is 6.10 Å². The zero-order chi connectivity index (χ0) is 20.4. The molecule has 0 saturated carbocycles. The van der Waals surface area contributed by atoms with E-state index < -0.39 is 0 Å². The zero-order valence-electron chi connectivity index (χ0n) is 16.2. The molecule has 150 valence electrons. The summed E-state index contributed by atoms with van der Waals surface area (Å²) in [5, 5.41) is 0. The molecule has 1 atom stereocenters. The molecule has 29 heavy (non-hydrogen) atoms. The van der Waals surface area contributed by atoms with Crippen molar-refractivity contribution in [1.82, 2.24) is 14.5 Å². The second-order valence-corrected chi connectivity index (χ2v) is 6.77. The number of anilines is 1. The van der Waals surface area contributed by atoms with Crippen molar-refractivity contribution in [2.75, 3.05) is 31.7 Å². The maximum Gasteiger partial charge on any atom is 0.255 e. The van der Waals surface area contributed by atoms with Gasteiger partial charge in [-0.1, -0.05) is 12.1 Å². The first-order valence-corrected chi connectivity index (χ1v) is 9.25. The molecular weight excluding hydrogens is 375 g/mol. The molecule has 4 rings (SSSR count). The first-order valence-electron chi connectivity index (χ1n) is 9.25. The fraction of sp³-hybridized carbons (Fsp3) is 0.286. The average Bonchev–Trinajstić information content (AvgIpc) is 2.76. The van der Waals surface area contributed by atoms with Crippen molar-refractivity contribution in [1.29, 1.82) is 0 Å². The van der Waals surface area contributed by atoms with Crippen molar-refractivity contribution in [3.8, 4) is 17.0 Å². The molecule has 0 radical (unpaired) electrons. The van der Waals surface area contributed by atoms with Gasteiger partial charge in [-0.05, 0) is 23.8 Å². The van der Waals surface area contributed by atoms with Crippen LogP contribution in [0.2, 0.25) is 0 Å². The average molecular weight is 396 g/mol. The third-order valence-corrected chi connectivity index (χ3v) is 4.98. The molecule has 0 aliphatic carbocycles. The number of benzene rings is 1. The van der Waals surface area contributed by atoms with Gasteiger partial charge in [0, 0.05) is 31.4 Å². The van der Waals surface area contributed by atoms with Crippen molar-refractivity contribution in [3.63, 3.8) is 0 Å². The number of morpholine rings is 1. The molecule has 0 amide bonds. The molecule has 1 aliphatic heterocycles. The molecule has 0 bridgehead atoms. The molecular formula is C21H21FN4O3. The number of rotatable bonds is 4. The fourth-order valence-corrected chi connectivity index (χ4v) is 3.41. The Morgan fingerprint density at radius 3 is 2.79 bits per heavy atom. The van der Waals surface area contributed by atoms with Gasteiger partial charge in [-0.15, -0.1) is 0 Å². The molecule has 0 N–H and O–H groups in total. The van der Waals surface area contributed by atoms with E-state index in [0.717, 1.165) is 5.56 Å². The third-order valence-electron chi connectivity index (χ3n) is 4.98. The number of hydrogen-bond acceptors (Lipinski definition) is 6. The second-order valence-electron chi connectivity index (χ2n) is 6.77. The highest BCUT2D eigenvalue weighted by atomic mass is 19.1. The fourth-order valence-electron chi connectivity index (χ4n) is 3.41. The number of nitrogens with zero attached hydrogens (tertiary/aromatic N) is 4. The summed E-state index contributed by atoms with van der Waals surface area (Å²) in [6, 6.07) is 9.52. The number of halogens is 1. The highest BCUT2D eigenvalue weighted by Crippen LogP contribution is 2.29. The minimum absolute atomic E-state index is 0.173. The van der Waals surface area contributed by atoms with E-state index in [0.29, 0.717) is 42.7 Å². The summed E-state index contributed by atoms with van der Waals surface area (Å²) in [7, 11) is 3.25. The van der Waals surface area contributed by atoms with E-state index in [4.69, 9.17) is 14.5 Å². The van der Waals surface area contributed by atoms with Crippen LogP contribution in [-0.2, 0) is 11.8 Å². The van der Waals surface area contributed by atoms with Gasteiger partial charge in [-0.3, -0.25) is 14.3 Å². The van der Waals surface area contributed by atoms with Gasteiger partial charge in [-0.2, -0.15) is 0 Å². The van der Waals surface area contributed by atoms with Gasteiger partial charge in [0.05, 0.1) is 32.2 Å². The summed E-state index contributed by atoms with van der Waals surface area (Å²) in [5.41, 5.74) is 1.93. The third kappa shape index (κ3) is 3.84. The molecule has 1 aromatic carbocycles. The van der Waals surface area contributed by atoms with E-state index in [2.05, 4.69) is 4.98 Å².